The van der Waals surface area contributed by atoms with Crippen LogP contribution in [0.2, 0.25) is 0 Å². The lowest BCUT2D eigenvalue weighted by Crippen LogP contribution is -2.15. The van der Waals surface area contributed by atoms with Gasteiger partial charge in [-0.2, -0.15) is 0 Å². The van der Waals surface area contributed by atoms with Crippen molar-refractivity contribution in [1.29, 1.82) is 0 Å². The van der Waals surface area contributed by atoms with Crippen LogP contribution in [0.4, 0.5) is 34.1 Å². The number of hydrogen-bond donors (Lipinski definition) is 0. The first-order valence-corrected chi connectivity index (χ1v) is 19.6. The van der Waals surface area contributed by atoms with E-state index in [0.29, 0.717) is 0 Å². The molecule has 2 unspecified atom stereocenters. The summed E-state index contributed by atoms with van der Waals surface area (Å²) in [6, 6.07) is 73.7. The topological polar surface area (TPSA) is 15.7 Å². The quantitative estimate of drug-likeness (QED) is 0.147. The highest BCUT2D eigenvalue weighted by Gasteiger charge is 2.32. The molecule has 8 aromatic carbocycles. The van der Waals surface area contributed by atoms with Crippen molar-refractivity contribution in [2.75, 3.05) is 9.80 Å². The van der Waals surface area contributed by atoms with Gasteiger partial charge in [0.2, 0.25) is 0 Å². The van der Waals surface area contributed by atoms with Crippen molar-refractivity contribution in [3.05, 3.63) is 236 Å². The molecule has 1 aliphatic carbocycles. The lowest BCUT2D eigenvalue weighted by Gasteiger charge is -2.26. The summed E-state index contributed by atoms with van der Waals surface area (Å²) in [4.78, 5) is 4.61. The molecule has 0 saturated carbocycles. The fourth-order valence-electron chi connectivity index (χ4n) is 8.11. The monoisotopic (exact) mass is 732 g/mol. The Bertz CT molecular complexity index is 2670. The summed E-state index contributed by atoms with van der Waals surface area (Å²) in [6.45, 7) is 0. The van der Waals surface area contributed by atoms with Gasteiger partial charge in [-0.1, -0.05) is 152 Å². The van der Waals surface area contributed by atoms with E-state index in [-0.39, 0.29) is 12.0 Å². The number of nitrogens with zero attached hydrogens (tertiary/aromatic N) is 2. The summed E-state index contributed by atoms with van der Waals surface area (Å²) in [5, 5.41) is 0. The zero-order chi connectivity index (χ0) is 38.0. The van der Waals surface area contributed by atoms with Crippen LogP contribution in [0.25, 0.3) is 33.4 Å². The Balaban J connectivity index is 0.890. The van der Waals surface area contributed by atoms with E-state index in [1.807, 2.05) is 0 Å². The van der Waals surface area contributed by atoms with Gasteiger partial charge in [-0.3, -0.25) is 0 Å². The lowest BCUT2D eigenvalue weighted by atomic mass is 9.92. The summed E-state index contributed by atoms with van der Waals surface area (Å²) < 4.78 is 6.39. The Morgan fingerprint density at radius 2 is 0.667 bits per heavy atom. The standard InChI is InChI=1S/C54H40N2O/c1-4-12-39(13-5-1)42-24-30-47(31-25-42)55(45-14-6-2-7-15-45)48-32-26-43(27-33-48)40-20-22-41(23-21-40)44-28-34-49(35-29-44)56(46-16-8-3-9-17-46)50-36-37-52-51-18-10-11-19-53(51)57-54(52)38-50/h1-38,51,53H. The molecule has 1 heterocycles. The van der Waals surface area contributed by atoms with Gasteiger partial charge < -0.3 is 14.5 Å². The first-order chi connectivity index (χ1) is 28.2. The predicted octanol–water partition coefficient (Wildman–Crippen LogP) is 14.6. The molecule has 0 N–H and O–H groups in total. The van der Waals surface area contributed by atoms with E-state index in [1.54, 1.807) is 0 Å². The minimum Gasteiger partial charge on any atom is -0.485 e. The molecule has 2 atom stereocenters. The molecule has 0 radical (unpaired) electrons. The van der Waals surface area contributed by atoms with Crippen molar-refractivity contribution in [2.45, 2.75) is 12.0 Å². The zero-order valence-corrected chi connectivity index (χ0v) is 31.4. The number of allylic oxidation sites excluding steroid dienone is 2. The highest BCUT2D eigenvalue weighted by atomic mass is 16.5. The second-order valence-electron chi connectivity index (χ2n) is 14.5. The van der Waals surface area contributed by atoms with Crippen molar-refractivity contribution in [3.63, 3.8) is 0 Å². The van der Waals surface area contributed by atoms with Crippen LogP contribution in [-0.4, -0.2) is 6.10 Å². The number of rotatable bonds is 9. The summed E-state index contributed by atoms with van der Waals surface area (Å²) in [5.74, 6) is 1.22. The fraction of sp³-hybridized carbons (Fsp3) is 0.0370. The van der Waals surface area contributed by atoms with E-state index < -0.39 is 0 Å². The van der Waals surface area contributed by atoms with Crippen LogP contribution in [0.1, 0.15) is 11.5 Å². The highest BCUT2D eigenvalue weighted by molar-refractivity contribution is 5.82. The molecule has 1 aliphatic heterocycles. The molecule has 272 valence electrons. The zero-order valence-electron chi connectivity index (χ0n) is 31.4. The minimum absolute atomic E-state index is 0.0646. The maximum atomic E-state index is 6.39. The van der Waals surface area contributed by atoms with E-state index in [0.717, 1.165) is 39.9 Å². The van der Waals surface area contributed by atoms with E-state index >= 15 is 0 Å². The predicted molar refractivity (Wildman–Crippen MR) is 238 cm³/mol. The van der Waals surface area contributed by atoms with Gasteiger partial charge in [0.05, 0.1) is 0 Å². The molecule has 8 aromatic rings. The molecule has 2 aliphatic rings. The Labute approximate surface area is 334 Å². The van der Waals surface area contributed by atoms with Gasteiger partial charge in [0.15, 0.2) is 0 Å². The van der Waals surface area contributed by atoms with E-state index in [9.17, 15) is 0 Å². The van der Waals surface area contributed by atoms with Crippen LogP contribution >= 0.6 is 0 Å². The van der Waals surface area contributed by atoms with Gasteiger partial charge in [-0.15, -0.1) is 0 Å². The number of fused-ring (bicyclic) bond motifs is 3. The van der Waals surface area contributed by atoms with E-state index in [2.05, 4.69) is 240 Å². The fourth-order valence-corrected chi connectivity index (χ4v) is 8.11. The average molecular weight is 733 g/mol. The third-order valence-electron chi connectivity index (χ3n) is 11.0. The normalized spacial score (nSPS) is 15.0. The van der Waals surface area contributed by atoms with E-state index in [4.69, 9.17) is 4.74 Å². The minimum atomic E-state index is 0.0646. The number of ether oxygens (including phenoxy) is 1. The van der Waals surface area contributed by atoms with Crippen LogP contribution in [0.3, 0.4) is 0 Å². The third-order valence-corrected chi connectivity index (χ3v) is 11.0. The molecule has 57 heavy (non-hydrogen) atoms. The van der Waals surface area contributed by atoms with Crippen molar-refractivity contribution >= 4 is 34.1 Å². The van der Waals surface area contributed by atoms with Gasteiger partial charge in [-0.25, -0.2) is 0 Å². The number of benzene rings is 8. The molecule has 0 spiro atoms. The molecule has 0 bridgehead atoms. The molecular formula is C54H40N2O. The Morgan fingerprint density at radius 3 is 1.14 bits per heavy atom. The smallest absolute Gasteiger partial charge is 0.128 e. The van der Waals surface area contributed by atoms with Crippen LogP contribution in [0.5, 0.6) is 5.75 Å². The molecule has 3 nitrogen and oxygen atoms in total. The summed E-state index contributed by atoms with van der Waals surface area (Å²) in [5.41, 5.74) is 15.0. The Hall–Kier alpha value is -7.36. The first kappa shape index (κ1) is 34.2. The first-order valence-electron chi connectivity index (χ1n) is 19.6. The summed E-state index contributed by atoms with van der Waals surface area (Å²) >= 11 is 0. The van der Waals surface area contributed by atoms with Crippen molar-refractivity contribution in [3.8, 4) is 39.1 Å². The molecule has 10 rings (SSSR count). The SMILES string of the molecule is C1=CC2Oc3cc(N(c4ccccc4)c4ccc(-c5ccc(-c6ccc(N(c7ccccc7)c7ccc(-c8ccccc8)cc7)cc6)cc5)cc4)ccc3C2C=C1. The second-order valence-corrected chi connectivity index (χ2v) is 14.5. The maximum Gasteiger partial charge on any atom is 0.128 e. The van der Waals surface area contributed by atoms with Gasteiger partial charge in [0.1, 0.15) is 11.9 Å². The maximum absolute atomic E-state index is 6.39. The van der Waals surface area contributed by atoms with E-state index in [1.165, 1.54) is 38.9 Å². The lowest BCUT2D eigenvalue weighted by molar-refractivity contribution is 0.269. The second kappa shape index (κ2) is 15.1. The van der Waals surface area contributed by atoms with Gasteiger partial charge in [0, 0.05) is 51.7 Å². The average Bonchev–Trinajstić information content (AvgIpc) is 3.67. The van der Waals surface area contributed by atoms with Crippen molar-refractivity contribution < 1.29 is 4.74 Å². The number of para-hydroxylation sites is 2. The summed E-state index contributed by atoms with van der Waals surface area (Å²) in [6.07, 6.45) is 8.64. The largest absolute Gasteiger partial charge is 0.485 e. The third kappa shape index (κ3) is 6.81. The highest BCUT2D eigenvalue weighted by Crippen LogP contribution is 2.45. The molecule has 0 aromatic heterocycles. The van der Waals surface area contributed by atoms with Gasteiger partial charge >= 0.3 is 0 Å². The van der Waals surface area contributed by atoms with Crippen LogP contribution in [0.15, 0.2) is 231 Å². The summed E-state index contributed by atoms with van der Waals surface area (Å²) in [7, 11) is 0. The van der Waals surface area contributed by atoms with Crippen molar-refractivity contribution in [2.24, 2.45) is 0 Å². The molecule has 0 saturated heterocycles. The molecule has 3 heteroatoms. The van der Waals surface area contributed by atoms with Crippen LogP contribution < -0.4 is 14.5 Å². The molecular weight excluding hydrogens is 693 g/mol. The van der Waals surface area contributed by atoms with Crippen LogP contribution in [-0.2, 0) is 0 Å². The Kier molecular flexibility index (Phi) is 9.02. The molecule has 0 amide bonds. The van der Waals surface area contributed by atoms with Gasteiger partial charge in [-0.05, 0) is 106 Å². The number of hydrogen-bond acceptors (Lipinski definition) is 3. The molecule has 0 fully saturated rings. The number of anilines is 6. The van der Waals surface area contributed by atoms with Crippen molar-refractivity contribution in [1.82, 2.24) is 0 Å². The van der Waals surface area contributed by atoms with Crippen LogP contribution in [0, 0.1) is 0 Å². The Morgan fingerprint density at radius 1 is 0.316 bits per heavy atom. The van der Waals surface area contributed by atoms with Gasteiger partial charge in [0.25, 0.3) is 0 Å².